The minimum atomic E-state index is -1.05. The topological polar surface area (TPSA) is 57.6 Å². The van der Waals surface area contributed by atoms with Crippen molar-refractivity contribution in [1.29, 1.82) is 0 Å². The zero-order valence-corrected chi connectivity index (χ0v) is 10.1. The van der Waals surface area contributed by atoms with Crippen molar-refractivity contribution in [3.8, 4) is 0 Å². The number of fused-ring (bicyclic) bond motifs is 1. The van der Waals surface area contributed by atoms with E-state index < -0.39 is 5.97 Å². The molecule has 0 radical (unpaired) electrons. The van der Waals surface area contributed by atoms with Gasteiger partial charge in [-0.05, 0) is 28.5 Å². The molecule has 17 heavy (non-hydrogen) atoms. The van der Waals surface area contributed by atoms with Crippen LogP contribution >= 0.6 is 23.1 Å². The number of carbonyl (C=O) groups is 2. The molecule has 2 aliphatic rings. The monoisotopic (exact) mass is 265 g/mol. The first-order valence-corrected chi connectivity index (χ1v) is 6.73. The molecule has 0 saturated carbocycles. The molecule has 1 aromatic rings. The Hall–Kier alpha value is -1.53. The van der Waals surface area contributed by atoms with E-state index in [-0.39, 0.29) is 17.0 Å². The summed E-state index contributed by atoms with van der Waals surface area (Å²) in [6.45, 7) is 0. The Kier molecular flexibility index (Phi) is 2.34. The number of carboxylic acids is 1. The van der Waals surface area contributed by atoms with Crippen molar-refractivity contribution in [1.82, 2.24) is 4.90 Å². The molecule has 0 spiro atoms. The third kappa shape index (κ3) is 1.52. The van der Waals surface area contributed by atoms with Crippen molar-refractivity contribution in [2.75, 3.05) is 0 Å². The second kappa shape index (κ2) is 3.75. The van der Waals surface area contributed by atoms with Crippen molar-refractivity contribution in [3.05, 3.63) is 39.1 Å². The molecule has 3 rings (SSSR count). The third-order valence-corrected chi connectivity index (χ3v) is 4.40. The van der Waals surface area contributed by atoms with E-state index in [4.69, 9.17) is 5.11 Å². The maximum Gasteiger partial charge on any atom is 0.353 e. The highest BCUT2D eigenvalue weighted by atomic mass is 32.2. The second-order valence-corrected chi connectivity index (χ2v) is 5.36. The summed E-state index contributed by atoms with van der Waals surface area (Å²) in [5.74, 6) is -1.26. The molecule has 1 fully saturated rings. The normalized spacial score (nSPS) is 24.6. The number of amides is 1. The van der Waals surface area contributed by atoms with Gasteiger partial charge in [0.15, 0.2) is 0 Å². The fourth-order valence-corrected chi connectivity index (χ4v) is 3.54. The highest BCUT2D eigenvalue weighted by molar-refractivity contribution is 8.03. The Bertz CT molecular complexity index is 559. The van der Waals surface area contributed by atoms with Crippen molar-refractivity contribution < 1.29 is 14.7 Å². The number of hydrogen-bond donors (Lipinski definition) is 1. The molecule has 0 unspecified atom stereocenters. The number of β-lactam (4-membered cyclic amide) rings is 1. The van der Waals surface area contributed by atoms with Crippen LogP contribution in [0.25, 0.3) is 6.08 Å². The van der Waals surface area contributed by atoms with Crippen LogP contribution in [0.4, 0.5) is 0 Å². The summed E-state index contributed by atoms with van der Waals surface area (Å²) in [5.41, 5.74) is 1.73. The molecule has 3 heterocycles. The molecule has 1 aromatic heterocycles. The first-order chi connectivity index (χ1) is 8.18. The fraction of sp³-hybridized carbons (Fsp3) is 0.0909. The molecule has 4 nitrogen and oxygen atoms in total. The highest BCUT2D eigenvalue weighted by Crippen LogP contribution is 2.45. The van der Waals surface area contributed by atoms with E-state index in [0.717, 1.165) is 5.56 Å². The van der Waals surface area contributed by atoms with Crippen molar-refractivity contribution in [2.24, 2.45) is 0 Å². The van der Waals surface area contributed by atoms with E-state index >= 15 is 0 Å². The number of thiophene rings is 1. The predicted molar refractivity (Wildman–Crippen MR) is 66.2 cm³/mol. The van der Waals surface area contributed by atoms with Gasteiger partial charge in [-0.1, -0.05) is 0 Å². The number of nitrogens with zero attached hydrogens (tertiary/aromatic N) is 1. The molecular formula is C11H7NO3S2. The lowest BCUT2D eigenvalue weighted by atomic mass is 10.0. The van der Waals surface area contributed by atoms with E-state index in [0.29, 0.717) is 5.57 Å². The minimum Gasteiger partial charge on any atom is -0.477 e. The maximum absolute atomic E-state index is 11.8. The molecule has 1 saturated heterocycles. The Morgan fingerprint density at radius 1 is 1.53 bits per heavy atom. The highest BCUT2D eigenvalue weighted by Gasteiger charge is 2.49. The summed E-state index contributed by atoms with van der Waals surface area (Å²) in [7, 11) is 0. The van der Waals surface area contributed by atoms with Crippen LogP contribution in [-0.2, 0) is 9.59 Å². The predicted octanol–water partition coefficient (Wildman–Crippen LogP) is 1.97. The smallest absolute Gasteiger partial charge is 0.353 e. The molecule has 0 bridgehead atoms. The number of thioether (sulfide) groups is 1. The number of hydrogen-bond acceptors (Lipinski definition) is 4. The summed E-state index contributed by atoms with van der Waals surface area (Å²) in [6, 6.07) is 1.93. The van der Waals surface area contributed by atoms with Gasteiger partial charge in [-0.15, -0.1) is 11.8 Å². The number of aliphatic carboxylic acids is 1. The van der Waals surface area contributed by atoms with Gasteiger partial charge in [-0.2, -0.15) is 11.3 Å². The van der Waals surface area contributed by atoms with Gasteiger partial charge in [0, 0.05) is 5.41 Å². The van der Waals surface area contributed by atoms with Crippen LogP contribution in [0.1, 0.15) is 5.56 Å². The van der Waals surface area contributed by atoms with Crippen LogP contribution in [0.3, 0.4) is 0 Å². The summed E-state index contributed by atoms with van der Waals surface area (Å²) in [6.07, 6.45) is 1.83. The Morgan fingerprint density at radius 2 is 2.35 bits per heavy atom. The lowest BCUT2D eigenvalue weighted by Gasteiger charge is -2.37. The zero-order chi connectivity index (χ0) is 12.0. The standard InChI is InChI=1S/C11H7NO3S2/c13-9-7(3-6-1-2-16-4-6)10-12(9)8(5-17-10)11(14)15/h1-5,10H,(H,14,15)/t10-/m1/s1. The summed E-state index contributed by atoms with van der Waals surface area (Å²) in [4.78, 5) is 24.0. The number of carboxylic acid groups (broad SMARTS) is 1. The molecule has 86 valence electrons. The van der Waals surface area contributed by atoms with Gasteiger partial charge >= 0.3 is 5.97 Å². The number of carbonyl (C=O) groups excluding carboxylic acids is 1. The average molecular weight is 265 g/mol. The van der Waals surface area contributed by atoms with E-state index in [2.05, 4.69) is 0 Å². The Morgan fingerprint density at radius 3 is 3.00 bits per heavy atom. The Balaban J connectivity index is 1.87. The third-order valence-electron chi connectivity index (χ3n) is 2.62. The molecular weight excluding hydrogens is 258 g/mol. The van der Waals surface area contributed by atoms with Crippen LogP contribution in [0.15, 0.2) is 33.5 Å². The minimum absolute atomic E-state index is 0.0764. The van der Waals surface area contributed by atoms with E-state index in [1.165, 1.54) is 22.1 Å². The first-order valence-electron chi connectivity index (χ1n) is 4.85. The molecule has 6 heteroatoms. The SMILES string of the molecule is O=C(O)C1=CS[C@@H]2C(=Cc3ccsc3)C(=O)N12. The van der Waals surface area contributed by atoms with Gasteiger partial charge in [-0.25, -0.2) is 4.79 Å². The molecule has 2 aliphatic heterocycles. The fourth-order valence-electron chi connectivity index (χ4n) is 1.80. The van der Waals surface area contributed by atoms with E-state index in [1.807, 2.05) is 22.9 Å². The molecule has 1 N–H and O–H groups in total. The molecule has 0 aromatic carbocycles. The molecule has 0 aliphatic carbocycles. The number of rotatable bonds is 2. The average Bonchev–Trinajstić information content (AvgIpc) is 2.93. The van der Waals surface area contributed by atoms with E-state index in [9.17, 15) is 9.59 Å². The summed E-state index contributed by atoms with van der Waals surface area (Å²) in [5, 5.41) is 14.2. The second-order valence-electron chi connectivity index (χ2n) is 3.63. The van der Waals surface area contributed by atoms with Crippen molar-refractivity contribution >= 4 is 41.1 Å². The summed E-state index contributed by atoms with van der Waals surface area (Å²) >= 11 is 2.92. The van der Waals surface area contributed by atoms with E-state index in [1.54, 1.807) is 11.3 Å². The first kappa shape index (κ1) is 10.6. The van der Waals surface area contributed by atoms with Crippen LogP contribution in [0, 0.1) is 0 Å². The lowest BCUT2D eigenvalue weighted by Crippen LogP contribution is -2.51. The largest absolute Gasteiger partial charge is 0.477 e. The quantitative estimate of drug-likeness (QED) is 0.656. The van der Waals surface area contributed by atoms with Gasteiger partial charge in [0.2, 0.25) is 0 Å². The summed E-state index contributed by atoms with van der Waals surface area (Å²) < 4.78 is 0. The van der Waals surface area contributed by atoms with Crippen molar-refractivity contribution in [2.45, 2.75) is 5.37 Å². The molecule has 1 atom stereocenters. The maximum atomic E-state index is 11.8. The van der Waals surface area contributed by atoms with Gasteiger partial charge in [-0.3, -0.25) is 9.69 Å². The van der Waals surface area contributed by atoms with Crippen LogP contribution in [0.2, 0.25) is 0 Å². The van der Waals surface area contributed by atoms with Gasteiger partial charge in [0.25, 0.3) is 5.91 Å². The lowest BCUT2D eigenvalue weighted by molar-refractivity contribution is -0.141. The van der Waals surface area contributed by atoms with Crippen LogP contribution in [0.5, 0.6) is 0 Å². The van der Waals surface area contributed by atoms with Crippen molar-refractivity contribution in [3.63, 3.8) is 0 Å². The zero-order valence-electron chi connectivity index (χ0n) is 8.49. The van der Waals surface area contributed by atoms with Gasteiger partial charge < -0.3 is 5.11 Å². The molecule has 1 amide bonds. The Labute approximate surface area is 105 Å². The van der Waals surface area contributed by atoms with Crippen LogP contribution in [-0.4, -0.2) is 27.3 Å². The van der Waals surface area contributed by atoms with Gasteiger partial charge in [0.05, 0.1) is 5.57 Å². The van der Waals surface area contributed by atoms with Gasteiger partial charge in [0.1, 0.15) is 11.1 Å². The van der Waals surface area contributed by atoms with Crippen LogP contribution < -0.4 is 0 Å².